The summed E-state index contributed by atoms with van der Waals surface area (Å²) in [6.45, 7) is 3.47. The third-order valence-corrected chi connectivity index (χ3v) is 5.95. The molecule has 4 rings (SSSR count). The van der Waals surface area contributed by atoms with E-state index >= 15 is 0 Å². The summed E-state index contributed by atoms with van der Waals surface area (Å²) < 4.78 is 10.8. The molecular weight excluding hydrogens is 400 g/mol. The maximum absolute atomic E-state index is 13.6. The van der Waals surface area contributed by atoms with Crippen LogP contribution < -0.4 is 9.47 Å². The number of ether oxygens (including phenoxy) is 2. The summed E-state index contributed by atoms with van der Waals surface area (Å²) >= 11 is 0. The van der Waals surface area contributed by atoms with Gasteiger partial charge < -0.3 is 14.4 Å². The molecule has 1 amide bonds. The van der Waals surface area contributed by atoms with Gasteiger partial charge in [-0.25, -0.2) is 0 Å². The molecule has 0 N–H and O–H groups in total. The average Bonchev–Trinajstić information content (AvgIpc) is 3.66. The predicted octanol–water partition coefficient (Wildman–Crippen LogP) is 5.17. The van der Waals surface area contributed by atoms with Crippen LogP contribution >= 0.6 is 0 Å². The number of hydrogen-bond donors (Lipinski definition) is 0. The van der Waals surface area contributed by atoms with Crippen LogP contribution in [0.15, 0.2) is 60.8 Å². The molecule has 0 atom stereocenters. The van der Waals surface area contributed by atoms with E-state index in [1.54, 1.807) is 20.4 Å². The Morgan fingerprint density at radius 1 is 1.03 bits per heavy atom. The first-order valence-corrected chi connectivity index (χ1v) is 11.1. The third kappa shape index (κ3) is 5.10. The second-order valence-electron chi connectivity index (χ2n) is 8.40. The molecule has 1 aliphatic carbocycles. The quantitative estimate of drug-likeness (QED) is 0.470. The number of aromatic nitrogens is 1. The topological polar surface area (TPSA) is 51.7 Å². The number of methoxy groups -OCH3 is 2. The molecule has 166 valence electrons. The Balaban J connectivity index is 1.56. The molecule has 0 aliphatic heterocycles. The minimum Gasteiger partial charge on any atom is -0.493 e. The fourth-order valence-corrected chi connectivity index (χ4v) is 3.88. The number of pyridine rings is 1. The highest BCUT2D eigenvalue weighted by Crippen LogP contribution is 2.32. The SMILES string of the molecule is COc1ccc(CCN(CC2CC2)C(=O)c2ncccc2-c2ccc(C)cc2)cc1OC. The Morgan fingerprint density at radius 2 is 1.78 bits per heavy atom. The molecule has 1 heterocycles. The summed E-state index contributed by atoms with van der Waals surface area (Å²) in [5, 5.41) is 0. The molecule has 0 unspecified atom stereocenters. The lowest BCUT2D eigenvalue weighted by molar-refractivity contribution is 0.0744. The number of aryl methyl sites for hydroxylation is 1. The number of hydrogen-bond acceptors (Lipinski definition) is 4. The van der Waals surface area contributed by atoms with Crippen molar-refractivity contribution in [1.82, 2.24) is 9.88 Å². The summed E-state index contributed by atoms with van der Waals surface area (Å²) in [5.74, 6) is 2.00. The first-order valence-electron chi connectivity index (χ1n) is 11.1. The highest BCUT2D eigenvalue weighted by Gasteiger charge is 2.29. The van der Waals surface area contributed by atoms with E-state index in [-0.39, 0.29) is 5.91 Å². The van der Waals surface area contributed by atoms with Gasteiger partial charge >= 0.3 is 0 Å². The highest BCUT2D eigenvalue weighted by atomic mass is 16.5. The molecule has 3 aromatic rings. The zero-order valence-corrected chi connectivity index (χ0v) is 19.0. The summed E-state index contributed by atoms with van der Waals surface area (Å²) in [7, 11) is 3.27. The van der Waals surface area contributed by atoms with Crippen molar-refractivity contribution in [1.29, 1.82) is 0 Å². The first-order chi connectivity index (χ1) is 15.6. The van der Waals surface area contributed by atoms with Crippen molar-refractivity contribution in [2.75, 3.05) is 27.3 Å². The standard InChI is InChI=1S/C27H30N2O3/c1-19-6-11-22(12-7-19)23-5-4-15-28-26(23)27(30)29(18-21-8-9-21)16-14-20-10-13-24(31-2)25(17-20)32-3/h4-7,10-13,15,17,21H,8-9,14,16,18H2,1-3H3. The van der Waals surface area contributed by atoms with Gasteiger partial charge in [0.2, 0.25) is 0 Å². The summed E-state index contributed by atoms with van der Waals surface area (Å²) in [6, 6.07) is 18.0. The van der Waals surface area contributed by atoms with E-state index in [1.165, 1.54) is 18.4 Å². The van der Waals surface area contributed by atoms with Crippen LogP contribution in [0.2, 0.25) is 0 Å². The second-order valence-corrected chi connectivity index (χ2v) is 8.40. The normalized spacial score (nSPS) is 13.0. The van der Waals surface area contributed by atoms with Crippen LogP contribution in [-0.4, -0.2) is 43.1 Å². The smallest absolute Gasteiger partial charge is 0.273 e. The molecule has 1 saturated carbocycles. The van der Waals surface area contributed by atoms with Gasteiger partial charge in [0.05, 0.1) is 14.2 Å². The van der Waals surface area contributed by atoms with Crippen LogP contribution in [0.1, 0.15) is 34.5 Å². The minimum absolute atomic E-state index is 0.00597. The second kappa shape index (κ2) is 9.86. The van der Waals surface area contributed by atoms with E-state index in [2.05, 4.69) is 36.2 Å². The average molecular weight is 431 g/mol. The first kappa shape index (κ1) is 21.9. The van der Waals surface area contributed by atoms with Gasteiger partial charge in [-0.3, -0.25) is 9.78 Å². The van der Waals surface area contributed by atoms with Crippen molar-refractivity contribution in [3.8, 4) is 22.6 Å². The van der Waals surface area contributed by atoms with Gasteiger partial charge in [0.25, 0.3) is 5.91 Å². The molecule has 5 heteroatoms. The van der Waals surface area contributed by atoms with E-state index in [0.29, 0.717) is 29.7 Å². The highest BCUT2D eigenvalue weighted by molar-refractivity contribution is 5.99. The van der Waals surface area contributed by atoms with Gasteiger partial charge in [-0.05, 0) is 61.4 Å². The largest absolute Gasteiger partial charge is 0.493 e. The van der Waals surface area contributed by atoms with Crippen LogP contribution in [0.25, 0.3) is 11.1 Å². The number of nitrogens with zero attached hydrogens (tertiary/aromatic N) is 2. The molecule has 1 aromatic heterocycles. The fraction of sp³-hybridized carbons (Fsp3) is 0.333. The lowest BCUT2D eigenvalue weighted by Gasteiger charge is -2.24. The van der Waals surface area contributed by atoms with Crippen molar-refractivity contribution in [3.05, 3.63) is 77.6 Å². The van der Waals surface area contributed by atoms with Crippen LogP contribution in [0.3, 0.4) is 0 Å². The summed E-state index contributed by atoms with van der Waals surface area (Å²) in [4.78, 5) is 20.1. The number of rotatable bonds is 9. The van der Waals surface area contributed by atoms with E-state index in [1.807, 2.05) is 35.2 Å². The molecule has 1 fully saturated rings. The Hall–Kier alpha value is -3.34. The number of benzene rings is 2. The van der Waals surface area contributed by atoms with Crippen LogP contribution in [-0.2, 0) is 6.42 Å². The lowest BCUT2D eigenvalue weighted by atomic mass is 10.0. The van der Waals surface area contributed by atoms with Gasteiger partial charge in [0.15, 0.2) is 11.5 Å². The van der Waals surface area contributed by atoms with Crippen molar-refractivity contribution < 1.29 is 14.3 Å². The maximum atomic E-state index is 13.6. The van der Waals surface area contributed by atoms with E-state index in [9.17, 15) is 4.79 Å². The zero-order valence-electron chi connectivity index (χ0n) is 19.0. The number of amides is 1. The molecule has 5 nitrogen and oxygen atoms in total. The van der Waals surface area contributed by atoms with E-state index < -0.39 is 0 Å². The zero-order chi connectivity index (χ0) is 22.5. The molecule has 0 spiro atoms. The molecule has 0 radical (unpaired) electrons. The third-order valence-electron chi connectivity index (χ3n) is 5.95. The number of carbonyl (C=O) groups is 1. The van der Waals surface area contributed by atoms with E-state index in [4.69, 9.17) is 9.47 Å². The van der Waals surface area contributed by atoms with Crippen LogP contribution in [0.4, 0.5) is 0 Å². The maximum Gasteiger partial charge on any atom is 0.273 e. The molecule has 32 heavy (non-hydrogen) atoms. The van der Waals surface area contributed by atoms with Gasteiger partial charge in [0, 0.05) is 24.8 Å². The molecule has 1 aliphatic rings. The Labute approximate surface area is 190 Å². The van der Waals surface area contributed by atoms with Gasteiger partial charge in [-0.1, -0.05) is 42.0 Å². The molecule has 0 bridgehead atoms. The van der Waals surface area contributed by atoms with Crippen molar-refractivity contribution >= 4 is 5.91 Å². The van der Waals surface area contributed by atoms with Gasteiger partial charge in [-0.15, -0.1) is 0 Å². The fourth-order valence-electron chi connectivity index (χ4n) is 3.88. The Bertz CT molecular complexity index is 1070. The van der Waals surface area contributed by atoms with Crippen molar-refractivity contribution in [2.45, 2.75) is 26.2 Å². The van der Waals surface area contributed by atoms with E-state index in [0.717, 1.165) is 29.7 Å². The summed E-state index contributed by atoms with van der Waals surface area (Å²) in [5.41, 5.74) is 4.71. The minimum atomic E-state index is -0.00597. The molecule has 0 saturated heterocycles. The van der Waals surface area contributed by atoms with Crippen molar-refractivity contribution in [2.24, 2.45) is 5.92 Å². The Morgan fingerprint density at radius 3 is 2.47 bits per heavy atom. The van der Waals surface area contributed by atoms with Crippen LogP contribution in [0.5, 0.6) is 11.5 Å². The van der Waals surface area contributed by atoms with Gasteiger partial charge in [0.1, 0.15) is 5.69 Å². The Kier molecular flexibility index (Phi) is 6.74. The van der Waals surface area contributed by atoms with Crippen molar-refractivity contribution in [3.63, 3.8) is 0 Å². The van der Waals surface area contributed by atoms with Gasteiger partial charge in [-0.2, -0.15) is 0 Å². The molecule has 2 aromatic carbocycles. The lowest BCUT2D eigenvalue weighted by Crippen LogP contribution is -2.35. The molecular formula is C27H30N2O3. The summed E-state index contributed by atoms with van der Waals surface area (Å²) in [6.07, 6.45) is 4.82. The van der Waals surface area contributed by atoms with Crippen LogP contribution in [0, 0.1) is 12.8 Å². The number of carbonyl (C=O) groups excluding carboxylic acids is 1. The monoisotopic (exact) mass is 430 g/mol. The predicted molar refractivity (Wildman–Crippen MR) is 126 cm³/mol.